The standard InChI is InChI=1S/C23H22ClN5OS2/c1-15-6-4-5-7-19(15)29-22(16-8-10-17(24)11-9-16)26-27-23(29)32-14-18-13-31-20(25-18)12-21(30)28(2)3/h4-11,13H,12,14H2,1-3H3. The molecule has 0 saturated heterocycles. The van der Waals surface area contributed by atoms with Crippen molar-refractivity contribution in [1.82, 2.24) is 24.6 Å². The van der Waals surface area contributed by atoms with E-state index in [-0.39, 0.29) is 5.91 Å². The van der Waals surface area contributed by atoms with Gasteiger partial charge in [0, 0.05) is 35.8 Å². The first-order chi connectivity index (χ1) is 15.4. The maximum Gasteiger partial charge on any atom is 0.228 e. The molecule has 4 aromatic rings. The van der Waals surface area contributed by atoms with Crippen LogP contribution in [-0.4, -0.2) is 44.7 Å². The van der Waals surface area contributed by atoms with E-state index in [9.17, 15) is 4.79 Å². The Morgan fingerprint density at radius 3 is 2.59 bits per heavy atom. The Hall–Kier alpha value is -2.68. The Kier molecular flexibility index (Phi) is 6.93. The van der Waals surface area contributed by atoms with Crippen LogP contribution >= 0.6 is 34.7 Å². The molecule has 0 saturated carbocycles. The zero-order valence-corrected chi connectivity index (χ0v) is 20.3. The average molecular weight is 484 g/mol. The maximum atomic E-state index is 12.0. The SMILES string of the molecule is Cc1ccccc1-n1c(SCc2csc(CC(=O)N(C)C)n2)nnc1-c1ccc(Cl)cc1. The smallest absolute Gasteiger partial charge is 0.228 e. The normalized spacial score (nSPS) is 11.0. The summed E-state index contributed by atoms with van der Waals surface area (Å²) in [5.74, 6) is 1.44. The van der Waals surface area contributed by atoms with Gasteiger partial charge in [-0.1, -0.05) is 41.6 Å². The van der Waals surface area contributed by atoms with Crippen LogP contribution in [0.1, 0.15) is 16.3 Å². The summed E-state index contributed by atoms with van der Waals surface area (Å²) in [7, 11) is 3.51. The number of amides is 1. The third-order valence-electron chi connectivity index (χ3n) is 4.84. The molecule has 0 atom stereocenters. The lowest BCUT2D eigenvalue weighted by Gasteiger charge is -2.12. The Labute approximate surface area is 200 Å². The van der Waals surface area contributed by atoms with Crippen molar-refractivity contribution < 1.29 is 4.79 Å². The number of thiazole rings is 1. The molecule has 32 heavy (non-hydrogen) atoms. The second kappa shape index (κ2) is 9.85. The predicted octanol–water partition coefficient (Wildman–Crippen LogP) is 5.28. The van der Waals surface area contributed by atoms with E-state index in [0.717, 1.165) is 38.5 Å². The summed E-state index contributed by atoms with van der Waals surface area (Å²) in [4.78, 5) is 18.2. The molecular weight excluding hydrogens is 462 g/mol. The number of hydrogen-bond acceptors (Lipinski definition) is 6. The van der Waals surface area contributed by atoms with E-state index in [4.69, 9.17) is 11.6 Å². The minimum atomic E-state index is 0.0467. The fourth-order valence-corrected chi connectivity index (χ4v) is 4.96. The minimum Gasteiger partial charge on any atom is -0.348 e. The van der Waals surface area contributed by atoms with Gasteiger partial charge in [-0.05, 0) is 42.8 Å². The molecule has 0 aliphatic rings. The van der Waals surface area contributed by atoms with Gasteiger partial charge < -0.3 is 4.90 Å². The van der Waals surface area contributed by atoms with Crippen molar-refractivity contribution in [3.05, 3.63) is 75.2 Å². The number of aryl methyl sites for hydroxylation is 1. The highest BCUT2D eigenvalue weighted by Gasteiger charge is 2.18. The van der Waals surface area contributed by atoms with E-state index in [1.165, 1.54) is 11.3 Å². The first kappa shape index (κ1) is 22.5. The Morgan fingerprint density at radius 2 is 1.88 bits per heavy atom. The molecule has 2 heterocycles. The molecule has 2 aromatic heterocycles. The summed E-state index contributed by atoms with van der Waals surface area (Å²) in [5.41, 5.74) is 4.02. The van der Waals surface area contributed by atoms with Gasteiger partial charge in [-0.2, -0.15) is 0 Å². The van der Waals surface area contributed by atoms with E-state index >= 15 is 0 Å². The van der Waals surface area contributed by atoms with Crippen LogP contribution in [0, 0.1) is 6.92 Å². The Morgan fingerprint density at radius 1 is 1.12 bits per heavy atom. The fourth-order valence-electron chi connectivity index (χ4n) is 3.10. The molecule has 0 aliphatic carbocycles. The van der Waals surface area contributed by atoms with Crippen LogP contribution in [0.5, 0.6) is 0 Å². The molecule has 0 N–H and O–H groups in total. The van der Waals surface area contributed by atoms with Crippen LogP contribution < -0.4 is 0 Å². The molecule has 164 valence electrons. The number of rotatable bonds is 7. The highest BCUT2D eigenvalue weighted by molar-refractivity contribution is 7.98. The molecule has 4 rings (SSSR count). The van der Waals surface area contributed by atoms with Crippen LogP contribution in [0.15, 0.2) is 59.1 Å². The van der Waals surface area contributed by atoms with Gasteiger partial charge >= 0.3 is 0 Å². The molecule has 0 bridgehead atoms. The number of carbonyl (C=O) groups excluding carboxylic acids is 1. The molecule has 0 unspecified atom stereocenters. The van der Waals surface area contributed by atoms with Gasteiger partial charge in [0.2, 0.25) is 5.91 Å². The van der Waals surface area contributed by atoms with Crippen molar-refractivity contribution >= 4 is 40.6 Å². The lowest BCUT2D eigenvalue weighted by Crippen LogP contribution is -2.23. The third-order valence-corrected chi connectivity index (χ3v) is 6.95. The molecule has 6 nitrogen and oxygen atoms in total. The van der Waals surface area contributed by atoms with Gasteiger partial charge in [0.15, 0.2) is 11.0 Å². The molecule has 2 aromatic carbocycles. The van der Waals surface area contributed by atoms with E-state index in [1.54, 1.807) is 30.8 Å². The number of carbonyl (C=O) groups is 1. The van der Waals surface area contributed by atoms with Crippen molar-refractivity contribution in [3.8, 4) is 17.1 Å². The summed E-state index contributed by atoms with van der Waals surface area (Å²) in [6.45, 7) is 2.07. The van der Waals surface area contributed by atoms with Crippen molar-refractivity contribution in [2.24, 2.45) is 0 Å². The summed E-state index contributed by atoms with van der Waals surface area (Å²) in [6, 6.07) is 15.8. The molecule has 0 fully saturated rings. The number of benzene rings is 2. The van der Waals surface area contributed by atoms with Gasteiger partial charge in [-0.25, -0.2) is 4.98 Å². The van der Waals surface area contributed by atoms with Gasteiger partial charge in [0.1, 0.15) is 5.01 Å². The largest absolute Gasteiger partial charge is 0.348 e. The van der Waals surface area contributed by atoms with Crippen LogP contribution in [0.3, 0.4) is 0 Å². The number of thioether (sulfide) groups is 1. The molecule has 9 heteroatoms. The molecular formula is C23H22ClN5OS2. The summed E-state index contributed by atoms with van der Waals surface area (Å²) in [6.07, 6.45) is 0.322. The first-order valence-corrected chi connectivity index (χ1v) is 12.2. The second-order valence-electron chi connectivity index (χ2n) is 7.42. The van der Waals surface area contributed by atoms with Crippen molar-refractivity contribution in [1.29, 1.82) is 0 Å². The van der Waals surface area contributed by atoms with Crippen LogP contribution in [0.25, 0.3) is 17.1 Å². The summed E-state index contributed by atoms with van der Waals surface area (Å²) >= 11 is 9.16. The van der Waals surface area contributed by atoms with Gasteiger partial charge in [-0.3, -0.25) is 9.36 Å². The molecule has 0 spiro atoms. The summed E-state index contributed by atoms with van der Waals surface area (Å²) in [5, 5.41) is 13.3. The number of para-hydroxylation sites is 1. The van der Waals surface area contributed by atoms with Crippen LogP contribution in [0.4, 0.5) is 0 Å². The predicted molar refractivity (Wildman–Crippen MR) is 131 cm³/mol. The monoisotopic (exact) mass is 483 g/mol. The van der Waals surface area contributed by atoms with E-state index in [1.807, 2.05) is 41.8 Å². The summed E-state index contributed by atoms with van der Waals surface area (Å²) < 4.78 is 2.08. The fraction of sp³-hybridized carbons (Fsp3) is 0.217. The van der Waals surface area contributed by atoms with Crippen LogP contribution in [-0.2, 0) is 17.0 Å². The van der Waals surface area contributed by atoms with Crippen molar-refractivity contribution in [2.75, 3.05) is 14.1 Å². The number of aromatic nitrogens is 4. The third kappa shape index (κ3) is 5.03. The molecule has 1 amide bonds. The maximum absolute atomic E-state index is 12.0. The van der Waals surface area contributed by atoms with Gasteiger partial charge in [0.05, 0.1) is 17.8 Å². The van der Waals surface area contributed by atoms with E-state index < -0.39 is 0 Å². The van der Waals surface area contributed by atoms with Crippen molar-refractivity contribution in [3.63, 3.8) is 0 Å². The average Bonchev–Trinajstić information content (AvgIpc) is 3.40. The minimum absolute atomic E-state index is 0.0467. The quantitative estimate of drug-likeness (QED) is 0.335. The first-order valence-electron chi connectivity index (χ1n) is 9.96. The number of hydrogen-bond donors (Lipinski definition) is 0. The van der Waals surface area contributed by atoms with Crippen molar-refractivity contribution in [2.45, 2.75) is 24.3 Å². The Balaban J connectivity index is 1.62. The zero-order chi connectivity index (χ0) is 22.7. The van der Waals surface area contributed by atoms with E-state index in [0.29, 0.717) is 17.2 Å². The highest BCUT2D eigenvalue weighted by Crippen LogP contribution is 2.31. The molecule has 0 aliphatic heterocycles. The molecule has 0 radical (unpaired) electrons. The number of likely N-dealkylation sites (N-methyl/N-ethyl adjacent to an activating group) is 1. The highest BCUT2D eigenvalue weighted by atomic mass is 35.5. The van der Waals surface area contributed by atoms with Gasteiger partial charge in [-0.15, -0.1) is 21.5 Å². The lowest BCUT2D eigenvalue weighted by atomic mass is 10.1. The topological polar surface area (TPSA) is 63.9 Å². The number of nitrogens with zero attached hydrogens (tertiary/aromatic N) is 5. The van der Waals surface area contributed by atoms with E-state index in [2.05, 4.69) is 38.8 Å². The zero-order valence-electron chi connectivity index (χ0n) is 17.9. The van der Waals surface area contributed by atoms with Crippen LogP contribution in [0.2, 0.25) is 5.02 Å². The lowest BCUT2D eigenvalue weighted by molar-refractivity contribution is -0.127. The number of halogens is 1. The second-order valence-corrected chi connectivity index (χ2v) is 9.74. The van der Waals surface area contributed by atoms with Gasteiger partial charge in [0.25, 0.3) is 0 Å². The Bertz CT molecular complexity index is 1230.